The van der Waals surface area contributed by atoms with Crippen molar-refractivity contribution in [3.8, 4) is 0 Å². The number of rotatable bonds is 3. The lowest BCUT2D eigenvalue weighted by atomic mass is 10.3. The van der Waals surface area contributed by atoms with Crippen LogP contribution in [-0.2, 0) is 0 Å². The highest BCUT2D eigenvalue weighted by Gasteiger charge is 2.19. The molecule has 1 N–H and O–H groups in total. The minimum Gasteiger partial charge on any atom is -0.358 e. The normalized spacial score (nSPS) is 21.9. The monoisotopic (exact) mass is 254 g/mol. The maximum Gasteiger partial charge on any atom is 0.157 e. The summed E-state index contributed by atoms with van der Waals surface area (Å²) in [4.78, 5) is 7.29. The molecule has 1 aromatic rings. The molecule has 0 fully saturated rings. The van der Waals surface area contributed by atoms with E-state index in [1.54, 1.807) is 0 Å². The van der Waals surface area contributed by atoms with Gasteiger partial charge in [-0.1, -0.05) is 18.7 Å². The third kappa shape index (κ3) is 2.80. The average molecular weight is 254 g/mol. The topological polar surface area (TPSA) is 24.4 Å². The lowest BCUT2D eigenvalue weighted by Gasteiger charge is -2.13. The molecule has 1 aromatic heterocycles. The van der Waals surface area contributed by atoms with Gasteiger partial charge in [0.25, 0.3) is 0 Å². The van der Waals surface area contributed by atoms with Crippen LogP contribution in [0.2, 0.25) is 0 Å². The van der Waals surface area contributed by atoms with E-state index in [4.69, 9.17) is 0 Å². The van der Waals surface area contributed by atoms with Gasteiger partial charge >= 0.3 is 0 Å². The molecule has 2 rings (SSSR count). The van der Waals surface area contributed by atoms with E-state index < -0.39 is 0 Å². The van der Waals surface area contributed by atoms with Crippen molar-refractivity contribution in [2.75, 3.05) is 6.54 Å². The van der Waals surface area contributed by atoms with Crippen molar-refractivity contribution in [3.05, 3.63) is 21.9 Å². The van der Waals surface area contributed by atoms with Gasteiger partial charge in [-0.3, -0.25) is 4.99 Å². The molecule has 1 aliphatic heterocycles. The first-order valence-electron chi connectivity index (χ1n) is 5.73. The summed E-state index contributed by atoms with van der Waals surface area (Å²) >= 11 is 3.74. The summed E-state index contributed by atoms with van der Waals surface area (Å²) < 4.78 is 0. The van der Waals surface area contributed by atoms with E-state index in [0.29, 0.717) is 11.3 Å². The second-order valence-electron chi connectivity index (χ2n) is 4.11. The molecule has 16 heavy (non-hydrogen) atoms. The summed E-state index contributed by atoms with van der Waals surface area (Å²) in [6.45, 7) is 7.55. The Morgan fingerprint density at radius 3 is 2.94 bits per heavy atom. The maximum atomic E-state index is 4.53. The Labute approximate surface area is 106 Å². The molecule has 2 heterocycles. The lowest BCUT2D eigenvalue weighted by molar-refractivity contribution is 0.737. The summed E-state index contributed by atoms with van der Waals surface area (Å²) in [5.41, 5.74) is 0. The smallest absolute Gasteiger partial charge is 0.157 e. The summed E-state index contributed by atoms with van der Waals surface area (Å²) in [6, 6.07) is 4.76. The van der Waals surface area contributed by atoms with E-state index in [-0.39, 0.29) is 0 Å². The van der Waals surface area contributed by atoms with Gasteiger partial charge in [0.1, 0.15) is 0 Å². The van der Waals surface area contributed by atoms with Gasteiger partial charge in [-0.15, -0.1) is 11.3 Å². The fourth-order valence-electron chi connectivity index (χ4n) is 1.65. The van der Waals surface area contributed by atoms with Crippen LogP contribution in [0.3, 0.4) is 0 Å². The van der Waals surface area contributed by atoms with Crippen molar-refractivity contribution >= 4 is 28.3 Å². The van der Waals surface area contributed by atoms with E-state index >= 15 is 0 Å². The average Bonchev–Trinajstić information content (AvgIpc) is 2.87. The SMILES string of the molecule is CCC1CN=C(NC(C)c2ccc(C)s2)S1. The van der Waals surface area contributed by atoms with Crippen LogP contribution in [0.15, 0.2) is 17.1 Å². The number of amidine groups is 1. The number of hydrogen-bond acceptors (Lipinski definition) is 4. The first kappa shape index (κ1) is 12.0. The molecule has 0 amide bonds. The van der Waals surface area contributed by atoms with Gasteiger partial charge in [-0.05, 0) is 32.4 Å². The van der Waals surface area contributed by atoms with Crippen LogP contribution in [0.25, 0.3) is 0 Å². The number of nitrogens with zero attached hydrogens (tertiary/aromatic N) is 1. The van der Waals surface area contributed by atoms with Crippen molar-refractivity contribution < 1.29 is 0 Å². The van der Waals surface area contributed by atoms with E-state index in [1.165, 1.54) is 16.2 Å². The second-order valence-corrected chi connectivity index (χ2v) is 6.72. The quantitative estimate of drug-likeness (QED) is 0.891. The van der Waals surface area contributed by atoms with Crippen LogP contribution in [0.5, 0.6) is 0 Å². The zero-order chi connectivity index (χ0) is 11.5. The Hall–Kier alpha value is -0.480. The molecule has 0 aliphatic carbocycles. The van der Waals surface area contributed by atoms with Crippen molar-refractivity contribution in [2.24, 2.45) is 4.99 Å². The standard InChI is InChI=1S/C12H18N2S2/c1-4-10-7-13-12(16-10)14-9(3)11-6-5-8(2)15-11/h5-6,9-10H,4,7H2,1-3H3,(H,13,14). The fourth-order valence-corrected chi connectivity index (χ4v) is 3.56. The third-order valence-corrected chi connectivity index (χ3v) is 5.17. The molecule has 2 atom stereocenters. The Morgan fingerprint density at radius 1 is 1.56 bits per heavy atom. The summed E-state index contributed by atoms with van der Waals surface area (Å²) in [6.07, 6.45) is 1.20. The maximum absolute atomic E-state index is 4.53. The molecule has 0 saturated carbocycles. The Balaban J connectivity index is 1.91. The summed E-state index contributed by atoms with van der Waals surface area (Å²) in [7, 11) is 0. The number of hydrogen-bond donors (Lipinski definition) is 1. The van der Waals surface area contributed by atoms with Crippen LogP contribution in [-0.4, -0.2) is 17.0 Å². The molecule has 0 bridgehead atoms. The fraction of sp³-hybridized carbons (Fsp3) is 0.583. The number of aryl methyl sites for hydroxylation is 1. The van der Waals surface area contributed by atoms with Gasteiger partial charge in [0, 0.05) is 15.0 Å². The van der Waals surface area contributed by atoms with E-state index in [2.05, 4.69) is 43.2 Å². The second kappa shape index (κ2) is 5.23. The van der Waals surface area contributed by atoms with Gasteiger partial charge in [-0.25, -0.2) is 0 Å². The minimum absolute atomic E-state index is 0.376. The molecule has 0 radical (unpaired) electrons. The van der Waals surface area contributed by atoms with Gasteiger partial charge in [0.2, 0.25) is 0 Å². The Morgan fingerprint density at radius 2 is 2.38 bits per heavy atom. The Bertz CT molecular complexity index is 384. The number of nitrogens with one attached hydrogen (secondary N) is 1. The molecular weight excluding hydrogens is 236 g/mol. The summed E-state index contributed by atoms with van der Waals surface area (Å²) in [5.74, 6) is 0. The molecule has 2 unspecified atom stereocenters. The first-order chi connectivity index (χ1) is 7.69. The molecule has 88 valence electrons. The predicted molar refractivity (Wildman–Crippen MR) is 74.6 cm³/mol. The highest BCUT2D eigenvalue weighted by Crippen LogP contribution is 2.26. The molecule has 0 spiro atoms. The third-order valence-electron chi connectivity index (χ3n) is 2.70. The van der Waals surface area contributed by atoms with E-state index in [9.17, 15) is 0 Å². The number of aliphatic imine (C=N–C) groups is 1. The van der Waals surface area contributed by atoms with Crippen molar-refractivity contribution in [1.82, 2.24) is 5.32 Å². The van der Waals surface area contributed by atoms with Crippen LogP contribution in [0, 0.1) is 6.92 Å². The number of thioether (sulfide) groups is 1. The predicted octanol–water partition coefficient (Wildman–Crippen LogP) is 3.59. The first-order valence-corrected chi connectivity index (χ1v) is 7.42. The largest absolute Gasteiger partial charge is 0.358 e. The Kier molecular flexibility index (Phi) is 3.92. The molecule has 4 heteroatoms. The van der Waals surface area contributed by atoms with Crippen LogP contribution >= 0.6 is 23.1 Å². The highest BCUT2D eigenvalue weighted by molar-refractivity contribution is 8.14. The minimum atomic E-state index is 0.376. The lowest BCUT2D eigenvalue weighted by Crippen LogP contribution is -2.22. The van der Waals surface area contributed by atoms with Gasteiger partial charge in [0.05, 0.1) is 12.6 Å². The van der Waals surface area contributed by atoms with Crippen LogP contribution < -0.4 is 5.32 Å². The van der Waals surface area contributed by atoms with Crippen molar-refractivity contribution in [2.45, 2.75) is 38.5 Å². The summed E-state index contributed by atoms with van der Waals surface area (Å²) in [5, 5.41) is 5.29. The van der Waals surface area contributed by atoms with Gasteiger partial charge < -0.3 is 5.32 Å². The van der Waals surface area contributed by atoms with Gasteiger partial charge in [-0.2, -0.15) is 0 Å². The van der Waals surface area contributed by atoms with Crippen LogP contribution in [0.4, 0.5) is 0 Å². The van der Waals surface area contributed by atoms with Gasteiger partial charge in [0.15, 0.2) is 5.17 Å². The highest BCUT2D eigenvalue weighted by atomic mass is 32.2. The van der Waals surface area contributed by atoms with Crippen LogP contribution in [0.1, 0.15) is 36.1 Å². The molecule has 1 aliphatic rings. The molecule has 0 saturated heterocycles. The zero-order valence-electron chi connectivity index (χ0n) is 9.99. The van der Waals surface area contributed by atoms with E-state index in [0.717, 1.165) is 11.7 Å². The molecular formula is C12H18N2S2. The number of thiophene rings is 1. The molecule has 0 aromatic carbocycles. The van der Waals surface area contributed by atoms with E-state index in [1.807, 2.05) is 23.1 Å². The van der Waals surface area contributed by atoms with Crippen molar-refractivity contribution in [1.29, 1.82) is 0 Å². The van der Waals surface area contributed by atoms with Crippen molar-refractivity contribution in [3.63, 3.8) is 0 Å². The molecule has 2 nitrogen and oxygen atoms in total. The zero-order valence-corrected chi connectivity index (χ0v) is 11.6.